The van der Waals surface area contributed by atoms with Crippen LogP contribution in [0, 0.1) is 36.3 Å². The molecule has 1 aliphatic carbocycles. The zero-order chi connectivity index (χ0) is 30.2. The smallest absolute Gasteiger partial charge is 0.210 e. The van der Waals surface area contributed by atoms with Crippen molar-refractivity contribution in [3.63, 3.8) is 0 Å². The lowest BCUT2D eigenvalue weighted by Crippen LogP contribution is -2.07. The van der Waals surface area contributed by atoms with Gasteiger partial charge in [-0.15, -0.1) is 22.7 Å². The lowest BCUT2D eigenvalue weighted by atomic mass is 9.96. The van der Waals surface area contributed by atoms with Gasteiger partial charge in [-0.05, 0) is 80.1 Å². The number of aliphatic hydroxyl groups is 2. The molecule has 0 saturated heterocycles. The normalized spacial score (nSPS) is 13.7. The first-order valence-corrected chi connectivity index (χ1v) is 16.3. The lowest BCUT2D eigenvalue weighted by molar-refractivity contribution is -0.0454. The van der Waals surface area contributed by atoms with Crippen LogP contribution in [-0.2, 0) is 23.8 Å². The summed E-state index contributed by atoms with van der Waals surface area (Å²) in [6.45, 7) is 1.98. The molecule has 43 heavy (non-hydrogen) atoms. The minimum absolute atomic E-state index is 0.0848. The molecule has 1 saturated carbocycles. The average molecular weight is 637 g/mol. The molecule has 6 rings (SSSR count). The van der Waals surface area contributed by atoms with E-state index in [-0.39, 0.29) is 22.6 Å². The standard InChI is InChI=1S/C31H26F2N4O3S3/c1-17-2-8-22(42-17)9-6-20-15-21(7-10-24(20)32)29-23(12-19-5-11-28(43(34)40)25(33)13-19)27(14-18-3-4-18)37(36-29)31-35-26(16-41-31)30(38)39/h2,5,7-8,10-11,13,15-16,18,30,38-39H,3-4,12,14,34H2,1H3. The van der Waals surface area contributed by atoms with Gasteiger partial charge < -0.3 is 10.2 Å². The first-order valence-electron chi connectivity index (χ1n) is 13.4. The fraction of sp³-hybridized carbons (Fsp3) is 0.226. The Hall–Kier alpha value is -3.57. The number of aliphatic hydroxyl groups excluding tert-OH is 1. The molecule has 12 heteroatoms. The van der Waals surface area contributed by atoms with Crippen LogP contribution in [0.1, 0.15) is 57.0 Å². The van der Waals surface area contributed by atoms with Gasteiger partial charge in [0.15, 0.2) is 6.29 Å². The van der Waals surface area contributed by atoms with Gasteiger partial charge in [-0.3, -0.25) is 0 Å². The van der Waals surface area contributed by atoms with Crippen molar-refractivity contribution >= 4 is 33.7 Å². The highest BCUT2D eigenvalue weighted by Gasteiger charge is 2.29. The van der Waals surface area contributed by atoms with Gasteiger partial charge >= 0.3 is 0 Å². The largest absolute Gasteiger partial charge is 0.363 e. The van der Waals surface area contributed by atoms with Gasteiger partial charge in [0.1, 0.15) is 28.3 Å². The van der Waals surface area contributed by atoms with E-state index >= 15 is 0 Å². The Labute approximate surface area is 257 Å². The fourth-order valence-electron chi connectivity index (χ4n) is 4.78. The predicted octanol–water partition coefficient (Wildman–Crippen LogP) is 5.55. The Balaban J connectivity index is 1.50. The van der Waals surface area contributed by atoms with Crippen molar-refractivity contribution in [3.05, 3.63) is 103 Å². The summed E-state index contributed by atoms with van der Waals surface area (Å²) in [7, 11) is -1.96. The van der Waals surface area contributed by atoms with Crippen LogP contribution in [0.15, 0.2) is 58.8 Å². The van der Waals surface area contributed by atoms with Crippen molar-refractivity contribution in [1.29, 1.82) is 0 Å². The number of nitrogens with two attached hydrogens (primary N) is 1. The quantitative estimate of drug-likeness (QED) is 0.153. The minimum atomic E-state index is -1.96. The van der Waals surface area contributed by atoms with Crippen molar-refractivity contribution in [3.8, 4) is 28.2 Å². The molecule has 1 aliphatic rings. The highest BCUT2D eigenvalue weighted by Crippen LogP contribution is 2.38. The summed E-state index contributed by atoms with van der Waals surface area (Å²) in [6.07, 6.45) is 1.34. The first kappa shape index (κ1) is 29.5. The molecule has 0 aliphatic heterocycles. The number of aryl methyl sites for hydroxylation is 1. The molecule has 3 aromatic heterocycles. The van der Waals surface area contributed by atoms with E-state index in [0.29, 0.717) is 34.3 Å². The van der Waals surface area contributed by atoms with Crippen LogP contribution in [0.2, 0.25) is 0 Å². The number of nitrogens with zero attached hydrogens (tertiary/aromatic N) is 3. The number of hydrogen-bond acceptors (Lipinski definition) is 7. The van der Waals surface area contributed by atoms with E-state index < -0.39 is 28.9 Å². The number of thiazole rings is 1. The highest BCUT2D eigenvalue weighted by molar-refractivity contribution is 7.82. The maximum Gasteiger partial charge on any atom is 0.210 e. The third-order valence-electron chi connectivity index (χ3n) is 7.12. The van der Waals surface area contributed by atoms with Gasteiger partial charge in [0.2, 0.25) is 5.13 Å². The monoisotopic (exact) mass is 636 g/mol. The van der Waals surface area contributed by atoms with E-state index in [4.69, 9.17) is 10.2 Å². The van der Waals surface area contributed by atoms with Crippen LogP contribution in [0.5, 0.6) is 0 Å². The number of benzene rings is 2. The Morgan fingerprint density at radius 1 is 1.12 bits per heavy atom. The molecular weight excluding hydrogens is 611 g/mol. The third-order valence-corrected chi connectivity index (χ3v) is 9.63. The summed E-state index contributed by atoms with van der Waals surface area (Å²) in [5.41, 5.74) is 3.76. The molecule has 220 valence electrons. The zero-order valence-corrected chi connectivity index (χ0v) is 25.3. The van der Waals surface area contributed by atoms with E-state index in [2.05, 4.69) is 16.8 Å². The molecule has 5 aromatic rings. The maximum absolute atomic E-state index is 14.9. The SMILES string of the molecule is Cc1ccc(C#Cc2cc(-c3nn(-c4nc(C(O)O)cs4)c(CC4CC4)c3Cc3ccc(S(N)=O)c(F)c3)ccc2F)s1. The molecular formula is C31H26F2N4O3S3. The molecule has 0 radical (unpaired) electrons. The molecule has 1 atom stereocenters. The van der Waals surface area contributed by atoms with E-state index in [1.54, 1.807) is 28.3 Å². The molecule has 2 aromatic carbocycles. The topological polar surface area (TPSA) is 114 Å². The van der Waals surface area contributed by atoms with Crippen molar-refractivity contribution in [2.45, 2.75) is 43.8 Å². The summed E-state index contributed by atoms with van der Waals surface area (Å²) in [5.74, 6) is 5.30. The molecule has 7 nitrogen and oxygen atoms in total. The Kier molecular flexibility index (Phi) is 8.37. The van der Waals surface area contributed by atoms with Crippen molar-refractivity contribution in [1.82, 2.24) is 14.8 Å². The summed E-state index contributed by atoms with van der Waals surface area (Å²) in [5, 5.41) is 31.7. The van der Waals surface area contributed by atoms with Gasteiger partial charge in [-0.2, -0.15) is 5.10 Å². The van der Waals surface area contributed by atoms with Crippen LogP contribution in [0.25, 0.3) is 16.4 Å². The van der Waals surface area contributed by atoms with Gasteiger partial charge in [0.05, 0.1) is 26.7 Å². The summed E-state index contributed by atoms with van der Waals surface area (Å²) < 4.78 is 43.2. The van der Waals surface area contributed by atoms with Crippen LogP contribution in [0.3, 0.4) is 0 Å². The van der Waals surface area contributed by atoms with Crippen molar-refractivity contribution in [2.24, 2.45) is 11.1 Å². The molecule has 4 N–H and O–H groups in total. The zero-order valence-electron chi connectivity index (χ0n) is 22.9. The van der Waals surface area contributed by atoms with E-state index in [1.807, 2.05) is 19.1 Å². The molecule has 0 bridgehead atoms. The van der Waals surface area contributed by atoms with Crippen molar-refractivity contribution < 1.29 is 23.2 Å². The van der Waals surface area contributed by atoms with Gasteiger partial charge in [0.25, 0.3) is 0 Å². The van der Waals surface area contributed by atoms with Gasteiger partial charge in [-0.1, -0.05) is 17.9 Å². The van der Waals surface area contributed by atoms with E-state index in [9.17, 15) is 23.2 Å². The Bertz CT molecular complexity index is 1910. The second-order valence-electron chi connectivity index (χ2n) is 10.4. The minimum Gasteiger partial charge on any atom is -0.363 e. The number of halogens is 2. The van der Waals surface area contributed by atoms with Gasteiger partial charge in [-0.25, -0.2) is 27.8 Å². The van der Waals surface area contributed by atoms with Crippen LogP contribution in [0.4, 0.5) is 8.78 Å². The summed E-state index contributed by atoms with van der Waals surface area (Å²) in [4.78, 5) is 6.25. The molecule has 3 heterocycles. The van der Waals surface area contributed by atoms with Crippen LogP contribution in [-0.4, -0.2) is 29.2 Å². The molecule has 0 amide bonds. The second kappa shape index (κ2) is 12.2. The first-order chi connectivity index (χ1) is 20.7. The number of aromatic nitrogens is 3. The van der Waals surface area contributed by atoms with Crippen LogP contribution < -0.4 is 5.14 Å². The molecule has 0 spiro atoms. The third kappa shape index (κ3) is 6.52. The molecule has 1 unspecified atom stereocenters. The fourth-order valence-corrected chi connectivity index (χ4v) is 6.76. The van der Waals surface area contributed by atoms with E-state index in [1.165, 1.54) is 40.9 Å². The van der Waals surface area contributed by atoms with E-state index in [0.717, 1.165) is 33.9 Å². The van der Waals surface area contributed by atoms with Crippen LogP contribution >= 0.6 is 22.7 Å². The highest BCUT2D eigenvalue weighted by atomic mass is 32.2. The second-order valence-corrected chi connectivity index (χ2v) is 13.5. The summed E-state index contributed by atoms with van der Waals surface area (Å²) in [6, 6.07) is 12.9. The Morgan fingerprint density at radius 2 is 1.93 bits per heavy atom. The average Bonchev–Trinajstić information content (AvgIpc) is 3.32. The van der Waals surface area contributed by atoms with Gasteiger partial charge in [0, 0.05) is 27.8 Å². The Morgan fingerprint density at radius 3 is 2.58 bits per heavy atom. The number of hydrogen-bond donors (Lipinski definition) is 3. The number of rotatable bonds is 8. The molecule has 1 fully saturated rings. The lowest BCUT2D eigenvalue weighted by Gasteiger charge is -2.10. The maximum atomic E-state index is 14.9. The number of thiophene rings is 1. The summed E-state index contributed by atoms with van der Waals surface area (Å²) >= 11 is 2.75. The predicted molar refractivity (Wildman–Crippen MR) is 163 cm³/mol. The van der Waals surface area contributed by atoms with Crippen molar-refractivity contribution in [2.75, 3.05) is 0 Å².